The number of hydrogen-bond acceptors (Lipinski definition) is 3. The van der Waals surface area contributed by atoms with Gasteiger partial charge >= 0.3 is 0 Å². The van der Waals surface area contributed by atoms with Crippen molar-refractivity contribution in [2.24, 2.45) is 0 Å². The highest BCUT2D eigenvalue weighted by molar-refractivity contribution is 7.09. The van der Waals surface area contributed by atoms with Crippen LogP contribution in [0.5, 0.6) is 0 Å². The zero-order chi connectivity index (χ0) is 11.7. The summed E-state index contributed by atoms with van der Waals surface area (Å²) < 4.78 is 0. The van der Waals surface area contributed by atoms with Crippen LogP contribution in [-0.2, 0) is 13.0 Å². The SMILES string of the molecule is Clc1ccc2c(c1)CCC2NCc1cncs1. The molecular weight excluding hydrogens is 252 g/mol. The fourth-order valence-corrected chi connectivity index (χ4v) is 3.09. The minimum absolute atomic E-state index is 0.462. The second kappa shape index (κ2) is 4.77. The van der Waals surface area contributed by atoms with Gasteiger partial charge in [0.05, 0.1) is 5.51 Å². The molecule has 1 heterocycles. The third kappa shape index (κ3) is 2.37. The number of halogens is 1. The molecule has 17 heavy (non-hydrogen) atoms. The van der Waals surface area contributed by atoms with Gasteiger partial charge in [0.1, 0.15) is 0 Å². The van der Waals surface area contributed by atoms with Crippen LogP contribution in [-0.4, -0.2) is 4.98 Å². The predicted molar refractivity (Wildman–Crippen MR) is 71.5 cm³/mol. The first-order valence-corrected chi connectivity index (χ1v) is 6.98. The minimum atomic E-state index is 0.462. The number of thiazole rings is 1. The Morgan fingerprint density at radius 2 is 2.41 bits per heavy atom. The monoisotopic (exact) mass is 264 g/mol. The molecule has 2 aromatic rings. The van der Waals surface area contributed by atoms with E-state index in [4.69, 9.17) is 11.6 Å². The Hall–Kier alpha value is -0.900. The largest absolute Gasteiger partial charge is 0.305 e. The van der Waals surface area contributed by atoms with Crippen LogP contribution in [0.4, 0.5) is 0 Å². The summed E-state index contributed by atoms with van der Waals surface area (Å²) in [7, 11) is 0. The first-order chi connectivity index (χ1) is 8.33. The van der Waals surface area contributed by atoms with E-state index < -0.39 is 0 Å². The first-order valence-electron chi connectivity index (χ1n) is 5.72. The number of hydrogen-bond donors (Lipinski definition) is 1. The van der Waals surface area contributed by atoms with Crippen molar-refractivity contribution in [1.29, 1.82) is 0 Å². The average molecular weight is 265 g/mol. The lowest BCUT2D eigenvalue weighted by atomic mass is 10.1. The maximum absolute atomic E-state index is 6.00. The summed E-state index contributed by atoms with van der Waals surface area (Å²) in [5, 5.41) is 4.43. The Bertz CT molecular complexity index is 510. The van der Waals surface area contributed by atoms with Crippen molar-refractivity contribution in [3.05, 3.63) is 50.9 Å². The normalized spacial score (nSPS) is 18.3. The smallest absolute Gasteiger partial charge is 0.0794 e. The molecule has 0 saturated carbocycles. The first kappa shape index (κ1) is 11.2. The molecule has 3 rings (SSSR count). The lowest BCUT2D eigenvalue weighted by molar-refractivity contribution is 0.533. The van der Waals surface area contributed by atoms with Crippen molar-refractivity contribution in [2.45, 2.75) is 25.4 Å². The highest BCUT2D eigenvalue weighted by atomic mass is 35.5. The molecule has 1 aliphatic carbocycles. The highest BCUT2D eigenvalue weighted by Gasteiger charge is 2.21. The second-order valence-electron chi connectivity index (χ2n) is 4.28. The van der Waals surface area contributed by atoms with Gasteiger partial charge in [-0.2, -0.15) is 0 Å². The Balaban J connectivity index is 1.71. The maximum atomic E-state index is 6.00. The van der Waals surface area contributed by atoms with Crippen LogP contribution in [0.15, 0.2) is 29.9 Å². The fourth-order valence-electron chi connectivity index (χ4n) is 2.35. The van der Waals surface area contributed by atoms with Gasteiger partial charge in [-0.25, -0.2) is 0 Å². The van der Waals surface area contributed by atoms with E-state index in [1.54, 1.807) is 11.3 Å². The summed E-state index contributed by atoms with van der Waals surface area (Å²) in [6.45, 7) is 0.900. The topological polar surface area (TPSA) is 24.9 Å². The van der Waals surface area contributed by atoms with Gasteiger partial charge in [0.25, 0.3) is 0 Å². The Labute approximate surface area is 110 Å². The summed E-state index contributed by atoms with van der Waals surface area (Å²) in [4.78, 5) is 5.37. The van der Waals surface area contributed by atoms with Crippen LogP contribution < -0.4 is 5.32 Å². The molecule has 0 bridgehead atoms. The number of fused-ring (bicyclic) bond motifs is 1. The van der Waals surface area contributed by atoms with Crippen molar-refractivity contribution >= 4 is 22.9 Å². The van der Waals surface area contributed by atoms with E-state index in [1.807, 2.05) is 17.8 Å². The van der Waals surface area contributed by atoms with Crippen molar-refractivity contribution < 1.29 is 0 Å². The lowest BCUT2D eigenvalue weighted by Gasteiger charge is -2.13. The van der Waals surface area contributed by atoms with Gasteiger partial charge in [-0.15, -0.1) is 11.3 Å². The predicted octanol–water partition coefficient (Wildman–Crippen LogP) is 3.57. The van der Waals surface area contributed by atoms with Gasteiger partial charge in [0.2, 0.25) is 0 Å². The molecule has 0 fully saturated rings. The molecule has 1 aliphatic rings. The van der Waals surface area contributed by atoms with E-state index >= 15 is 0 Å². The summed E-state index contributed by atoms with van der Waals surface area (Å²) in [5.74, 6) is 0. The molecule has 0 spiro atoms. The van der Waals surface area contributed by atoms with Gasteiger partial charge in [-0.3, -0.25) is 4.98 Å². The van der Waals surface area contributed by atoms with Gasteiger partial charge in [0.15, 0.2) is 0 Å². The number of rotatable bonds is 3. The summed E-state index contributed by atoms with van der Waals surface area (Å²) in [5.41, 5.74) is 4.66. The molecule has 4 heteroatoms. The summed E-state index contributed by atoms with van der Waals surface area (Å²) in [6.07, 6.45) is 4.21. The van der Waals surface area contributed by atoms with Crippen LogP contribution in [0.2, 0.25) is 5.02 Å². The van der Waals surface area contributed by atoms with Gasteiger partial charge < -0.3 is 5.32 Å². The maximum Gasteiger partial charge on any atom is 0.0794 e. The molecule has 1 N–H and O–H groups in total. The van der Waals surface area contributed by atoms with Crippen LogP contribution in [0.25, 0.3) is 0 Å². The molecule has 88 valence electrons. The molecule has 0 saturated heterocycles. The number of nitrogens with zero attached hydrogens (tertiary/aromatic N) is 1. The molecule has 0 radical (unpaired) electrons. The molecule has 1 atom stereocenters. The summed E-state index contributed by atoms with van der Waals surface area (Å²) in [6, 6.07) is 6.68. The Morgan fingerprint density at radius 1 is 1.47 bits per heavy atom. The van der Waals surface area contributed by atoms with Crippen LogP contribution in [0.3, 0.4) is 0 Å². The number of aryl methyl sites for hydroxylation is 1. The number of nitrogens with one attached hydrogen (secondary N) is 1. The third-order valence-corrected chi connectivity index (χ3v) is 4.20. The van der Waals surface area contributed by atoms with Gasteiger partial charge in [0, 0.05) is 28.7 Å². The average Bonchev–Trinajstić information content (AvgIpc) is 2.94. The molecule has 1 aromatic heterocycles. The zero-order valence-electron chi connectivity index (χ0n) is 9.32. The number of aromatic nitrogens is 1. The van der Waals surface area contributed by atoms with Crippen molar-refractivity contribution in [1.82, 2.24) is 10.3 Å². The van der Waals surface area contributed by atoms with E-state index in [1.165, 1.54) is 16.0 Å². The molecule has 1 aromatic carbocycles. The van der Waals surface area contributed by atoms with E-state index in [-0.39, 0.29) is 0 Å². The lowest BCUT2D eigenvalue weighted by Crippen LogP contribution is -2.17. The van der Waals surface area contributed by atoms with E-state index in [2.05, 4.69) is 22.4 Å². The second-order valence-corrected chi connectivity index (χ2v) is 5.69. The summed E-state index contributed by atoms with van der Waals surface area (Å²) >= 11 is 7.70. The molecule has 1 unspecified atom stereocenters. The van der Waals surface area contributed by atoms with E-state index in [9.17, 15) is 0 Å². The quantitative estimate of drug-likeness (QED) is 0.917. The van der Waals surface area contributed by atoms with Crippen LogP contribution in [0.1, 0.15) is 28.5 Å². The van der Waals surface area contributed by atoms with Crippen molar-refractivity contribution in [3.63, 3.8) is 0 Å². The van der Waals surface area contributed by atoms with Crippen molar-refractivity contribution in [2.75, 3.05) is 0 Å². The highest BCUT2D eigenvalue weighted by Crippen LogP contribution is 2.33. The molecule has 2 nitrogen and oxygen atoms in total. The van der Waals surface area contributed by atoms with Crippen LogP contribution >= 0.6 is 22.9 Å². The number of benzene rings is 1. The fraction of sp³-hybridized carbons (Fsp3) is 0.308. The van der Waals surface area contributed by atoms with Crippen LogP contribution in [0, 0.1) is 0 Å². The third-order valence-electron chi connectivity index (χ3n) is 3.19. The Morgan fingerprint density at radius 3 is 3.24 bits per heavy atom. The van der Waals surface area contributed by atoms with Gasteiger partial charge in [-0.05, 0) is 36.1 Å². The molecule has 0 aliphatic heterocycles. The molecule has 0 amide bonds. The van der Waals surface area contributed by atoms with E-state index in [0.717, 1.165) is 24.4 Å². The Kier molecular flexibility index (Phi) is 3.14. The zero-order valence-corrected chi connectivity index (χ0v) is 10.9. The molecular formula is C13H13ClN2S. The van der Waals surface area contributed by atoms with E-state index in [0.29, 0.717) is 6.04 Å². The standard InChI is InChI=1S/C13H13ClN2S/c14-10-2-3-12-9(5-10)1-4-13(12)16-7-11-6-15-8-17-11/h2-3,5-6,8,13,16H,1,4,7H2. The minimum Gasteiger partial charge on any atom is -0.305 e. The van der Waals surface area contributed by atoms with Gasteiger partial charge in [-0.1, -0.05) is 17.7 Å². The van der Waals surface area contributed by atoms with Crippen molar-refractivity contribution in [3.8, 4) is 0 Å².